The molecule has 2 aromatic carbocycles. The van der Waals surface area contributed by atoms with Crippen LogP contribution in [-0.4, -0.2) is 33.4 Å². The Balaban J connectivity index is 1.64. The SMILES string of the molecule is COc1ccc(CCNc2nc(-c3ccccc3F)c3c(N)n(C)nc3n2)cc1. The van der Waals surface area contributed by atoms with Crippen molar-refractivity contribution >= 4 is 22.8 Å². The minimum Gasteiger partial charge on any atom is -0.497 e. The number of hydrogen-bond donors (Lipinski definition) is 2. The maximum absolute atomic E-state index is 14.4. The van der Waals surface area contributed by atoms with Crippen molar-refractivity contribution in [1.29, 1.82) is 0 Å². The third-order valence-electron chi connectivity index (χ3n) is 4.72. The molecule has 0 amide bonds. The molecular weight excluding hydrogens is 371 g/mol. The molecule has 3 N–H and O–H groups in total. The minimum atomic E-state index is -0.375. The first-order valence-electron chi connectivity index (χ1n) is 9.18. The first-order valence-corrected chi connectivity index (χ1v) is 9.18. The number of nitrogens with two attached hydrogens (primary N) is 1. The molecule has 0 fully saturated rings. The topological polar surface area (TPSA) is 90.9 Å². The van der Waals surface area contributed by atoms with Gasteiger partial charge in [0.05, 0.1) is 18.2 Å². The second kappa shape index (κ2) is 7.75. The Kier molecular flexibility index (Phi) is 4.99. The summed E-state index contributed by atoms with van der Waals surface area (Å²) >= 11 is 0. The summed E-state index contributed by atoms with van der Waals surface area (Å²) in [6.07, 6.45) is 0.769. The van der Waals surface area contributed by atoms with Crippen LogP contribution in [0.15, 0.2) is 48.5 Å². The zero-order chi connectivity index (χ0) is 20.4. The Bertz CT molecular complexity index is 1160. The molecule has 2 heterocycles. The average Bonchev–Trinajstić information content (AvgIpc) is 3.02. The van der Waals surface area contributed by atoms with Crippen LogP contribution < -0.4 is 15.8 Å². The Morgan fingerprint density at radius 3 is 2.59 bits per heavy atom. The second-order valence-corrected chi connectivity index (χ2v) is 6.61. The van der Waals surface area contributed by atoms with Gasteiger partial charge in [0.1, 0.15) is 17.4 Å². The van der Waals surface area contributed by atoms with E-state index in [1.54, 1.807) is 32.4 Å². The molecule has 0 radical (unpaired) electrons. The van der Waals surface area contributed by atoms with Crippen LogP contribution in [0.2, 0.25) is 0 Å². The van der Waals surface area contributed by atoms with E-state index in [1.165, 1.54) is 10.7 Å². The van der Waals surface area contributed by atoms with E-state index >= 15 is 0 Å². The fraction of sp³-hybridized carbons (Fsp3) is 0.190. The summed E-state index contributed by atoms with van der Waals surface area (Å²) < 4.78 is 21.1. The zero-order valence-corrected chi connectivity index (χ0v) is 16.2. The van der Waals surface area contributed by atoms with Gasteiger partial charge in [0.2, 0.25) is 5.95 Å². The lowest BCUT2D eigenvalue weighted by atomic mass is 10.1. The Labute approximate surface area is 167 Å². The van der Waals surface area contributed by atoms with Crippen molar-refractivity contribution in [2.24, 2.45) is 7.05 Å². The molecule has 0 saturated carbocycles. The molecule has 0 saturated heterocycles. The van der Waals surface area contributed by atoms with E-state index in [2.05, 4.69) is 20.4 Å². The van der Waals surface area contributed by atoms with E-state index < -0.39 is 0 Å². The number of nitrogen functional groups attached to an aromatic ring is 1. The molecule has 0 aliphatic carbocycles. The van der Waals surface area contributed by atoms with Crippen LogP contribution in [0, 0.1) is 5.82 Å². The second-order valence-electron chi connectivity index (χ2n) is 6.61. The third kappa shape index (κ3) is 3.69. The van der Waals surface area contributed by atoms with Crippen LogP contribution in [0.4, 0.5) is 16.2 Å². The molecular formula is C21H21FN6O. The number of halogens is 1. The molecule has 7 nitrogen and oxygen atoms in total. The van der Waals surface area contributed by atoms with Crippen molar-refractivity contribution < 1.29 is 9.13 Å². The van der Waals surface area contributed by atoms with Gasteiger partial charge < -0.3 is 15.8 Å². The van der Waals surface area contributed by atoms with Crippen molar-refractivity contribution in [2.45, 2.75) is 6.42 Å². The summed E-state index contributed by atoms with van der Waals surface area (Å²) in [5, 5.41) is 8.09. The van der Waals surface area contributed by atoms with Crippen LogP contribution in [0.1, 0.15) is 5.56 Å². The Morgan fingerprint density at radius 1 is 1.10 bits per heavy atom. The quantitative estimate of drug-likeness (QED) is 0.523. The van der Waals surface area contributed by atoms with Crippen LogP contribution in [0.3, 0.4) is 0 Å². The number of hydrogen-bond acceptors (Lipinski definition) is 6. The van der Waals surface area contributed by atoms with E-state index in [4.69, 9.17) is 10.5 Å². The van der Waals surface area contributed by atoms with Gasteiger partial charge in [0.15, 0.2) is 5.65 Å². The molecule has 29 heavy (non-hydrogen) atoms. The number of ether oxygens (including phenoxy) is 1. The number of aryl methyl sites for hydroxylation is 1. The highest BCUT2D eigenvalue weighted by Crippen LogP contribution is 2.32. The molecule has 8 heteroatoms. The van der Waals surface area contributed by atoms with Gasteiger partial charge in [-0.05, 0) is 36.2 Å². The van der Waals surface area contributed by atoms with Crippen LogP contribution in [-0.2, 0) is 13.5 Å². The molecule has 0 bridgehead atoms. The molecule has 0 atom stereocenters. The lowest BCUT2D eigenvalue weighted by molar-refractivity contribution is 0.414. The fourth-order valence-electron chi connectivity index (χ4n) is 3.15. The molecule has 148 valence electrons. The van der Waals surface area contributed by atoms with Crippen molar-refractivity contribution in [3.63, 3.8) is 0 Å². The van der Waals surface area contributed by atoms with Gasteiger partial charge in [0, 0.05) is 19.2 Å². The number of methoxy groups -OCH3 is 1. The summed E-state index contributed by atoms with van der Waals surface area (Å²) in [4.78, 5) is 9.00. The highest BCUT2D eigenvalue weighted by molar-refractivity contribution is 5.98. The summed E-state index contributed by atoms with van der Waals surface area (Å²) in [7, 11) is 3.36. The van der Waals surface area contributed by atoms with E-state index in [0.717, 1.165) is 17.7 Å². The van der Waals surface area contributed by atoms with Gasteiger partial charge in [-0.15, -0.1) is 0 Å². The smallest absolute Gasteiger partial charge is 0.225 e. The van der Waals surface area contributed by atoms with Gasteiger partial charge in [-0.25, -0.2) is 9.37 Å². The van der Waals surface area contributed by atoms with Crippen molar-refractivity contribution in [2.75, 3.05) is 24.7 Å². The number of rotatable bonds is 6. The lowest BCUT2D eigenvalue weighted by Gasteiger charge is -2.09. The van der Waals surface area contributed by atoms with E-state index in [1.807, 2.05) is 24.3 Å². The van der Waals surface area contributed by atoms with E-state index in [-0.39, 0.29) is 5.82 Å². The largest absolute Gasteiger partial charge is 0.497 e. The summed E-state index contributed by atoms with van der Waals surface area (Å²) in [5.41, 5.74) is 8.50. The normalized spacial score (nSPS) is 11.0. The summed E-state index contributed by atoms with van der Waals surface area (Å²) in [5.74, 6) is 1.21. The van der Waals surface area contributed by atoms with Crippen LogP contribution in [0.5, 0.6) is 5.75 Å². The Hall–Kier alpha value is -3.68. The van der Waals surface area contributed by atoms with Crippen molar-refractivity contribution in [3.05, 3.63) is 59.9 Å². The lowest BCUT2D eigenvalue weighted by Crippen LogP contribution is -2.09. The Morgan fingerprint density at radius 2 is 1.86 bits per heavy atom. The molecule has 2 aromatic heterocycles. The zero-order valence-electron chi connectivity index (χ0n) is 16.2. The number of aromatic nitrogens is 4. The number of nitrogens with one attached hydrogen (secondary N) is 1. The third-order valence-corrected chi connectivity index (χ3v) is 4.72. The highest BCUT2D eigenvalue weighted by atomic mass is 19.1. The number of benzene rings is 2. The first kappa shape index (κ1) is 18.7. The van der Waals surface area contributed by atoms with Gasteiger partial charge >= 0.3 is 0 Å². The van der Waals surface area contributed by atoms with Crippen LogP contribution in [0.25, 0.3) is 22.3 Å². The fourth-order valence-corrected chi connectivity index (χ4v) is 3.15. The average molecular weight is 392 g/mol. The minimum absolute atomic E-state index is 0.359. The van der Waals surface area contributed by atoms with Gasteiger partial charge in [-0.1, -0.05) is 24.3 Å². The monoisotopic (exact) mass is 392 g/mol. The number of fused-ring (bicyclic) bond motifs is 1. The molecule has 4 rings (SSSR count). The molecule has 0 aliphatic rings. The molecule has 0 aliphatic heterocycles. The summed E-state index contributed by atoms with van der Waals surface area (Å²) in [6, 6.07) is 14.3. The van der Waals surface area contributed by atoms with E-state index in [9.17, 15) is 4.39 Å². The van der Waals surface area contributed by atoms with Crippen LogP contribution >= 0.6 is 0 Å². The van der Waals surface area contributed by atoms with Crippen molar-refractivity contribution in [3.8, 4) is 17.0 Å². The molecule has 0 unspecified atom stereocenters. The standard InChI is InChI=1S/C21H21FN6O/c1-28-19(23)17-18(15-5-3-4-6-16(15)22)25-21(26-20(17)27-28)24-12-11-13-7-9-14(29-2)10-8-13/h3-10H,11-12,23H2,1-2H3,(H,24,26,27). The van der Waals surface area contributed by atoms with Gasteiger partial charge in [0.25, 0.3) is 0 Å². The summed E-state index contributed by atoms with van der Waals surface area (Å²) in [6.45, 7) is 0.608. The van der Waals surface area contributed by atoms with E-state index in [0.29, 0.717) is 40.6 Å². The predicted molar refractivity (Wildman–Crippen MR) is 111 cm³/mol. The predicted octanol–water partition coefficient (Wildman–Crippen LogP) is 3.41. The maximum Gasteiger partial charge on any atom is 0.225 e. The van der Waals surface area contributed by atoms with Crippen molar-refractivity contribution in [1.82, 2.24) is 19.7 Å². The number of anilines is 2. The molecule has 0 spiro atoms. The number of nitrogens with zero attached hydrogens (tertiary/aromatic N) is 4. The van der Waals surface area contributed by atoms with Gasteiger partial charge in [-0.2, -0.15) is 10.1 Å². The first-order chi connectivity index (χ1) is 14.1. The molecule has 4 aromatic rings. The highest BCUT2D eigenvalue weighted by Gasteiger charge is 2.19. The maximum atomic E-state index is 14.4. The van der Waals surface area contributed by atoms with Gasteiger partial charge in [-0.3, -0.25) is 4.68 Å².